The zero-order valence-corrected chi connectivity index (χ0v) is 19.7. The molecule has 0 aromatic rings. The van der Waals surface area contributed by atoms with Gasteiger partial charge < -0.3 is 10.2 Å². The Balaban J connectivity index is 3.88. The summed E-state index contributed by atoms with van der Waals surface area (Å²) in [6, 6.07) is 0. The quantitative estimate of drug-likeness (QED) is 0.147. The van der Waals surface area contributed by atoms with Crippen LogP contribution >= 0.6 is 45.2 Å². The second kappa shape index (κ2) is 13.8. The summed E-state index contributed by atoms with van der Waals surface area (Å²) in [5, 5.41) is 20.4. The average Bonchev–Trinajstić information content (AvgIpc) is 2.52. The lowest BCUT2D eigenvalue weighted by atomic mass is 9.94. The Hall–Kier alpha value is 0.600. The Morgan fingerprint density at radius 2 is 1.67 bits per heavy atom. The summed E-state index contributed by atoms with van der Waals surface area (Å²) in [5.74, 6) is 0. The van der Waals surface area contributed by atoms with E-state index in [-0.39, 0.29) is 0 Å². The molecule has 0 spiro atoms. The van der Waals surface area contributed by atoms with E-state index in [1.807, 2.05) is 36.2 Å². The second-order valence-corrected chi connectivity index (χ2v) is 9.10. The molecule has 24 heavy (non-hydrogen) atoms. The van der Waals surface area contributed by atoms with Gasteiger partial charge in [0.05, 0.1) is 11.2 Å². The number of hydrogen-bond donors (Lipinski definition) is 2. The lowest BCUT2D eigenvalue weighted by Crippen LogP contribution is -2.22. The summed E-state index contributed by atoms with van der Waals surface area (Å²) in [6.45, 7) is 5.86. The minimum atomic E-state index is -0.732. The van der Waals surface area contributed by atoms with Gasteiger partial charge in [-0.1, -0.05) is 73.1 Å². The Kier molecular flexibility index (Phi) is 14.1. The molecule has 2 nitrogen and oxygen atoms in total. The molecule has 0 aliphatic heterocycles. The van der Waals surface area contributed by atoms with Gasteiger partial charge in [0.25, 0.3) is 0 Å². The molecule has 0 amide bonds. The summed E-state index contributed by atoms with van der Waals surface area (Å²) in [6.07, 6.45) is 17.1. The van der Waals surface area contributed by atoms with E-state index >= 15 is 0 Å². The molecule has 140 valence electrons. The second-order valence-electron chi connectivity index (χ2n) is 7.00. The van der Waals surface area contributed by atoms with Crippen LogP contribution in [0.3, 0.4) is 0 Å². The molecular weight excluding hydrogens is 526 g/mol. The molecule has 0 saturated heterocycles. The molecule has 0 heterocycles. The maximum absolute atomic E-state index is 10.2. The lowest BCUT2D eigenvalue weighted by molar-refractivity contribution is 0.0512. The van der Waals surface area contributed by atoms with E-state index < -0.39 is 11.2 Å². The molecule has 2 unspecified atom stereocenters. The normalized spacial score (nSPS) is 18.2. The summed E-state index contributed by atoms with van der Waals surface area (Å²) in [4.78, 5) is 0. The highest BCUT2D eigenvalue weighted by atomic mass is 127. The first-order valence-electron chi connectivity index (χ1n) is 8.94. The highest BCUT2D eigenvalue weighted by molar-refractivity contribution is 14.1. The van der Waals surface area contributed by atoms with E-state index in [9.17, 15) is 10.2 Å². The van der Waals surface area contributed by atoms with Crippen molar-refractivity contribution in [3.05, 3.63) is 32.0 Å². The van der Waals surface area contributed by atoms with Crippen molar-refractivity contribution in [2.75, 3.05) is 0 Å². The fourth-order valence-electron chi connectivity index (χ4n) is 2.41. The third-order valence-corrected chi connectivity index (χ3v) is 5.47. The maximum Gasteiger partial charge on any atom is 0.0834 e. The number of unbranched alkanes of at least 4 members (excludes halogenated alkanes) is 3. The van der Waals surface area contributed by atoms with Gasteiger partial charge in [0.1, 0.15) is 0 Å². The highest BCUT2D eigenvalue weighted by Crippen LogP contribution is 2.23. The van der Waals surface area contributed by atoms with Crippen LogP contribution in [0.5, 0.6) is 0 Å². The molecule has 4 heteroatoms. The van der Waals surface area contributed by atoms with Crippen LogP contribution in [-0.4, -0.2) is 21.4 Å². The molecule has 0 aromatic heterocycles. The number of hydrogen-bond acceptors (Lipinski definition) is 2. The van der Waals surface area contributed by atoms with Crippen molar-refractivity contribution in [3.8, 4) is 0 Å². The predicted molar refractivity (Wildman–Crippen MR) is 123 cm³/mol. The molecule has 0 aromatic carbocycles. The minimum absolute atomic E-state index is 0.562. The summed E-state index contributed by atoms with van der Waals surface area (Å²) < 4.78 is 3.30. The fourth-order valence-corrected chi connectivity index (χ4v) is 3.27. The van der Waals surface area contributed by atoms with Crippen LogP contribution in [0.4, 0.5) is 0 Å². The number of rotatable bonds is 13. The van der Waals surface area contributed by atoms with Crippen molar-refractivity contribution >= 4 is 45.2 Å². The van der Waals surface area contributed by atoms with E-state index in [0.717, 1.165) is 32.1 Å². The molecule has 0 bridgehead atoms. The Morgan fingerprint density at radius 3 is 2.29 bits per heavy atom. The largest absolute Gasteiger partial charge is 0.390 e. The van der Waals surface area contributed by atoms with Crippen LogP contribution < -0.4 is 0 Å². The molecular formula is C20H34I2O2. The predicted octanol–water partition coefficient (Wildman–Crippen LogP) is 6.84. The van der Waals surface area contributed by atoms with E-state index in [1.54, 1.807) is 0 Å². The van der Waals surface area contributed by atoms with Crippen molar-refractivity contribution in [1.29, 1.82) is 0 Å². The van der Waals surface area contributed by atoms with Gasteiger partial charge in [-0.15, -0.1) is 0 Å². The van der Waals surface area contributed by atoms with Gasteiger partial charge in [-0.25, -0.2) is 0 Å². The lowest BCUT2D eigenvalue weighted by Gasteiger charge is -2.21. The minimum Gasteiger partial charge on any atom is -0.390 e. The van der Waals surface area contributed by atoms with Crippen LogP contribution in [0, 0.1) is 0 Å². The Labute approximate surface area is 176 Å². The van der Waals surface area contributed by atoms with Gasteiger partial charge in [-0.3, -0.25) is 0 Å². The van der Waals surface area contributed by atoms with Crippen LogP contribution in [0.1, 0.15) is 78.6 Å². The third-order valence-electron chi connectivity index (χ3n) is 3.98. The Morgan fingerprint density at radius 1 is 1.00 bits per heavy atom. The summed E-state index contributed by atoms with van der Waals surface area (Å²) in [5.41, 5.74) is -1.29. The van der Waals surface area contributed by atoms with Crippen molar-refractivity contribution in [2.45, 2.75) is 89.8 Å². The molecule has 2 N–H and O–H groups in total. The van der Waals surface area contributed by atoms with Gasteiger partial charge in [0.2, 0.25) is 0 Å². The molecule has 0 rings (SSSR count). The van der Waals surface area contributed by atoms with E-state index in [1.165, 1.54) is 22.8 Å². The van der Waals surface area contributed by atoms with Crippen molar-refractivity contribution in [2.24, 2.45) is 0 Å². The molecule has 0 fully saturated rings. The summed E-state index contributed by atoms with van der Waals surface area (Å²) >= 11 is 4.58. The number of halogens is 2. The molecule has 2 atom stereocenters. The van der Waals surface area contributed by atoms with Gasteiger partial charge in [0.15, 0.2) is 0 Å². The first-order valence-corrected chi connectivity index (χ1v) is 11.3. The SMILES string of the molecule is CC/C=C/C(C)(O)C/C=C(/I)CCCCCCC(C)(O)C/C=C/I. The van der Waals surface area contributed by atoms with Gasteiger partial charge >= 0.3 is 0 Å². The smallest absolute Gasteiger partial charge is 0.0834 e. The zero-order chi connectivity index (χ0) is 18.5. The first-order chi connectivity index (χ1) is 11.2. The van der Waals surface area contributed by atoms with E-state index in [0.29, 0.717) is 6.42 Å². The van der Waals surface area contributed by atoms with E-state index in [2.05, 4.69) is 58.2 Å². The Bertz CT molecular complexity index is 410. The van der Waals surface area contributed by atoms with Crippen molar-refractivity contribution in [3.63, 3.8) is 0 Å². The standard InChI is InChI=1S/C20H34I2O2/c1-4-5-13-20(3,24)16-12-18(22)11-8-6-7-9-14-19(2,23)15-10-17-21/h5,10,12-13,17,23-24H,4,6-9,11,14-16H2,1-3H3/b13-5+,17-10+,18-12+. The van der Waals surface area contributed by atoms with Gasteiger partial charge in [0, 0.05) is 0 Å². The number of aliphatic hydroxyl groups is 2. The highest BCUT2D eigenvalue weighted by Gasteiger charge is 2.17. The molecule has 0 saturated carbocycles. The van der Waals surface area contributed by atoms with Gasteiger partial charge in [-0.2, -0.15) is 0 Å². The molecule has 0 aliphatic carbocycles. The maximum atomic E-state index is 10.2. The van der Waals surface area contributed by atoms with E-state index in [4.69, 9.17) is 0 Å². The topological polar surface area (TPSA) is 40.5 Å². The van der Waals surface area contributed by atoms with Crippen molar-refractivity contribution in [1.82, 2.24) is 0 Å². The van der Waals surface area contributed by atoms with Crippen LogP contribution in [0.2, 0.25) is 0 Å². The van der Waals surface area contributed by atoms with Crippen LogP contribution in [-0.2, 0) is 0 Å². The zero-order valence-electron chi connectivity index (χ0n) is 15.4. The fraction of sp³-hybridized carbons (Fsp3) is 0.700. The third kappa shape index (κ3) is 14.9. The van der Waals surface area contributed by atoms with Gasteiger partial charge in [-0.05, 0) is 82.6 Å². The number of allylic oxidation sites excluding steroid dienone is 2. The van der Waals surface area contributed by atoms with Crippen LogP contribution in [0.15, 0.2) is 32.0 Å². The average molecular weight is 560 g/mol. The first kappa shape index (κ1) is 24.6. The molecule has 0 aliphatic rings. The summed E-state index contributed by atoms with van der Waals surface area (Å²) in [7, 11) is 0. The monoisotopic (exact) mass is 560 g/mol. The molecule has 0 radical (unpaired) electrons. The van der Waals surface area contributed by atoms with Crippen molar-refractivity contribution < 1.29 is 10.2 Å². The van der Waals surface area contributed by atoms with Crippen LogP contribution in [0.25, 0.3) is 0 Å².